The van der Waals surface area contributed by atoms with Gasteiger partial charge in [-0.3, -0.25) is 14.5 Å². The van der Waals surface area contributed by atoms with Crippen LogP contribution in [0.3, 0.4) is 0 Å². The first-order chi connectivity index (χ1) is 9.11. The zero-order valence-electron chi connectivity index (χ0n) is 11.8. The van der Waals surface area contributed by atoms with Crippen molar-refractivity contribution >= 4 is 22.9 Å². The summed E-state index contributed by atoms with van der Waals surface area (Å²) in [6.07, 6.45) is 4.10. The molecule has 0 aromatic heterocycles. The zero-order valence-corrected chi connectivity index (χ0v) is 12.6. The number of rotatable bonds is 1. The van der Waals surface area contributed by atoms with Crippen LogP contribution in [0, 0.1) is 0 Å². The highest BCUT2D eigenvalue weighted by Crippen LogP contribution is 2.20. The Morgan fingerprint density at radius 1 is 1.05 bits per heavy atom. The van der Waals surface area contributed by atoms with Gasteiger partial charge in [-0.15, -0.1) is 0 Å². The Hall–Kier alpha value is -0.750. The molecule has 0 N–H and O–H groups in total. The lowest BCUT2D eigenvalue weighted by Crippen LogP contribution is -2.56. The monoisotopic (exact) mass is 285 g/mol. The highest BCUT2D eigenvalue weighted by atomic mass is 32.2. The number of hydrogen-bond acceptors (Lipinski definition) is 4. The number of carbonyl (C=O) groups excluding carboxylic acids is 2. The number of piperidine rings is 1. The van der Waals surface area contributed by atoms with Gasteiger partial charge in [-0.05, 0) is 19.1 Å². The lowest BCUT2D eigenvalue weighted by atomic mass is 10.0. The van der Waals surface area contributed by atoms with Crippen molar-refractivity contribution in [1.29, 1.82) is 0 Å². The van der Waals surface area contributed by atoms with E-state index in [1.54, 1.807) is 6.92 Å². The Labute approximate surface area is 119 Å². The third-order valence-electron chi connectivity index (χ3n) is 4.11. The summed E-state index contributed by atoms with van der Waals surface area (Å²) in [5.41, 5.74) is 0. The second-order valence-electron chi connectivity index (χ2n) is 5.25. The summed E-state index contributed by atoms with van der Waals surface area (Å²) in [7, 11) is 0. The third kappa shape index (κ3) is 3.63. The number of piperazine rings is 1. The van der Waals surface area contributed by atoms with Crippen molar-refractivity contribution in [3.05, 3.63) is 0 Å². The molecule has 1 unspecified atom stereocenters. The molecule has 2 fully saturated rings. The molecule has 2 aliphatic heterocycles. The Morgan fingerprint density at radius 3 is 2.32 bits per heavy atom. The fourth-order valence-corrected chi connectivity index (χ4v) is 3.37. The minimum Gasteiger partial charge on any atom is -0.340 e. The molecule has 0 aliphatic carbocycles. The van der Waals surface area contributed by atoms with Crippen molar-refractivity contribution in [2.75, 3.05) is 45.5 Å². The number of hydrogen-bond donors (Lipinski definition) is 0. The van der Waals surface area contributed by atoms with Crippen molar-refractivity contribution in [2.24, 2.45) is 0 Å². The van der Waals surface area contributed by atoms with Gasteiger partial charge in [0.25, 0.3) is 5.24 Å². The number of nitrogens with zero attached hydrogens (tertiary/aromatic N) is 3. The lowest BCUT2D eigenvalue weighted by Gasteiger charge is -2.43. The van der Waals surface area contributed by atoms with Crippen LogP contribution in [0.2, 0.25) is 0 Å². The molecule has 6 heteroatoms. The number of thioether (sulfide) groups is 1. The lowest BCUT2D eigenvalue weighted by molar-refractivity contribution is -0.131. The quantitative estimate of drug-likeness (QED) is 0.723. The van der Waals surface area contributed by atoms with Crippen LogP contribution in [0.1, 0.15) is 19.8 Å². The Kier molecular flexibility index (Phi) is 5.10. The van der Waals surface area contributed by atoms with Crippen LogP contribution >= 0.6 is 11.8 Å². The van der Waals surface area contributed by atoms with Gasteiger partial charge in [0.2, 0.25) is 5.91 Å². The van der Waals surface area contributed by atoms with Crippen LogP contribution in [-0.2, 0) is 4.79 Å². The predicted molar refractivity (Wildman–Crippen MR) is 77.3 cm³/mol. The van der Waals surface area contributed by atoms with Gasteiger partial charge in [0.15, 0.2) is 0 Å². The van der Waals surface area contributed by atoms with E-state index in [2.05, 4.69) is 4.90 Å². The molecule has 1 atom stereocenters. The van der Waals surface area contributed by atoms with E-state index in [4.69, 9.17) is 0 Å². The standard InChI is InChI=1S/C13H23N3O2S/c1-11(17)14-6-8-15(9-7-14)12-4-3-5-16(10-12)13(18)19-2/h12H,3-10H2,1-2H3. The van der Waals surface area contributed by atoms with Gasteiger partial charge in [0.1, 0.15) is 0 Å². The zero-order chi connectivity index (χ0) is 13.8. The van der Waals surface area contributed by atoms with Crippen LogP contribution in [0.25, 0.3) is 0 Å². The second kappa shape index (κ2) is 6.61. The molecule has 2 amide bonds. The Morgan fingerprint density at radius 2 is 1.74 bits per heavy atom. The van der Waals surface area contributed by atoms with Gasteiger partial charge < -0.3 is 9.80 Å². The molecule has 19 heavy (non-hydrogen) atoms. The fourth-order valence-electron chi connectivity index (χ4n) is 2.95. The van der Waals surface area contributed by atoms with Crippen molar-refractivity contribution in [3.8, 4) is 0 Å². The van der Waals surface area contributed by atoms with Crippen LogP contribution < -0.4 is 0 Å². The van der Waals surface area contributed by atoms with E-state index in [1.165, 1.54) is 11.8 Å². The molecule has 0 saturated carbocycles. The van der Waals surface area contributed by atoms with Gasteiger partial charge in [-0.25, -0.2) is 0 Å². The predicted octanol–water partition coefficient (Wildman–Crippen LogP) is 1.10. The van der Waals surface area contributed by atoms with E-state index in [9.17, 15) is 9.59 Å². The summed E-state index contributed by atoms with van der Waals surface area (Å²) in [6, 6.07) is 0.471. The van der Waals surface area contributed by atoms with Crippen molar-refractivity contribution in [1.82, 2.24) is 14.7 Å². The molecule has 108 valence electrons. The molecule has 0 spiro atoms. The largest absolute Gasteiger partial charge is 0.340 e. The molecular weight excluding hydrogens is 262 g/mol. The maximum Gasteiger partial charge on any atom is 0.281 e. The number of amides is 2. The first-order valence-electron chi connectivity index (χ1n) is 6.94. The van der Waals surface area contributed by atoms with Crippen molar-refractivity contribution in [3.63, 3.8) is 0 Å². The van der Waals surface area contributed by atoms with E-state index in [-0.39, 0.29) is 11.1 Å². The van der Waals surface area contributed by atoms with E-state index in [1.807, 2.05) is 16.1 Å². The average molecular weight is 285 g/mol. The molecule has 2 rings (SSSR count). The SMILES string of the molecule is CSC(=O)N1CCCC(N2CCN(C(C)=O)CC2)C1. The van der Waals surface area contributed by atoms with Crippen molar-refractivity contribution in [2.45, 2.75) is 25.8 Å². The van der Waals surface area contributed by atoms with Gasteiger partial charge in [-0.1, -0.05) is 11.8 Å². The molecule has 2 heterocycles. The number of likely N-dealkylation sites (tertiary alicyclic amines) is 1. The van der Waals surface area contributed by atoms with Gasteiger partial charge in [-0.2, -0.15) is 0 Å². The average Bonchev–Trinajstić information content (AvgIpc) is 2.46. The van der Waals surface area contributed by atoms with Crippen LogP contribution in [-0.4, -0.2) is 77.4 Å². The fraction of sp³-hybridized carbons (Fsp3) is 0.846. The van der Waals surface area contributed by atoms with Crippen molar-refractivity contribution < 1.29 is 9.59 Å². The Bertz CT molecular complexity index is 343. The summed E-state index contributed by atoms with van der Waals surface area (Å²) < 4.78 is 0. The van der Waals surface area contributed by atoms with E-state index in [0.29, 0.717) is 6.04 Å². The molecule has 2 aliphatic rings. The molecule has 2 saturated heterocycles. The van der Waals surface area contributed by atoms with Gasteiger partial charge >= 0.3 is 0 Å². The molecule has 0 bridgehead atoms. The first kappa shape index (κ1) is 14.7. The summed E-state index contributed by atoms with van der Waals surface area (Å²) in [6.45, 7) is 6.89. The maximum absolute atomic E-state index is 11.8. The summed E-state index contributed by atoms with van der Waals surface area (Å²) in [5, 5.41) is 0.187. The first-order valence-corrected chi connectivity index (χ1v) is 8.16. The van der Waals surface area contributed by atoms with Gasteiger partial charge in [0.05, 0.1) is 0 Å². The molecule has 5 nitrogen and oxygen atoms in total. The van der Waals surface area contributed by atoms with Crippen LogP contribution in [0.4, 0.5) is 4.79 Å². The van der Waals surface area contributed by atoms with Crippen LogP contribution in [0.15, 0.2) is 0 Å². The van der Waals surface area contributed by atoms with Crippen LogP contribution in [0.5, 0.6) is 0 Å². The molecule has 0 aromatic rings. The molecule has 0 aromatic carbocycles. The minimum absolute atomic E-state index is 0.169. The highest BCUT2D eigenvalue weighted by Gasteiger charge is 2.30. The van der Waals surface area contributed by atoms with E-state index >= 15 is 0 Å². The van der Waals surface area contributed by atoms with E-state index < -0.39 is 0 Å². The smallest absolute Gasteiger partial charge is 0.281 e. The van der Waals surface area contributed by atoms with E-state index in [0.717, 1.165) is 52.1 Å². The summed E-state index contributed by atoms with van der Waals surface area (Å²) >= 11 is 1.30. The molecule has 0 radical (unpaired) electrons. The molecular formula is C13H23N3O2S. The summed E-state index contributed by atoms with van der Waals surface area (Å²) in [4.78, 5) is 29.4. The Balaban J connectivity index is 1.85. The third-order valence-corrected chi connectivity index (χ3v) is 4.71. The second-order valence-corrected chi connectivity index (χ2v) is 6.01. The highest BCUT2D eigenvalue weighted by molar-refractivity contribution is 8.12. The summed E-state index contributed by atoms with van der Waals surface area (Å²) in [5.74, 6) is 0.169. The normalized spacial score (nSPS) is 25.5. The number of carbonyl (C=O) groups is 2. The topological polar surface area (TPSA) is 43.9 Å². The maximum atomic E-state index is 11.8. The van der Waals surface area contributed by atoms with Gasteiger partial charge in [0, 0.05) is 52.2 Å². The minimum atomic E-state index is 0.169.